The highest BCUT2D eigenvalue weighted by Crippen LogP contribution is 2.25. The molecule has 4 N–H and O–H groups in total. The number of nitrogen functional groups attached to an aromatic ring is 1. The van der Waals surface area contributed by atoms with Gasteiger partial charge < -0.3 is 21.3 Å². The van der Waals surface area contributed by atoms with E-state index in [1.807, 2.05) is 36.4 Å². The molecule has 3 aromatic rings. The number of fused-ring (bicyclic) bond motifs is 1. The fourth-order valence-corrected chi connectivity index (χ4v) is 4.55. The van der Waals surface area contributed by atoms with E-state index in [0.29, 0.717) is 30.9 Å². The summed E-state index contributed by atoms with van der Waals surface area (Å²) in [5.41, 5.74) is 7.50. The second-order valence-electron chi connectivity index (χ2n) is 8.34. The number of anilines is 1. The Bertz CT molecular complexity index is 1230. The molecule has 2 atom stereocenters. The van der Waals surface area contributed by atoms with Crippen LogP contribution in [-0.2, 0) is 20.9 Å². The quantitative estimate of drug-likeness (QED) is 0.458. The zero-order valence-electron chi connectivity index (χ0n) is 18.8. The molecule has 9 heteroatoms. The molecule has 2 unspecified atom stereocenters. The van der Waals surface area contributed by atoms with Gasteiger partial charge in [0.05, 0.1) is 0 Å². The third-order valence-corrected chi connectivity index (χ3v) is 6.49. The molecular weight excluding hydrogens is 498 g/mol. The summed E-state index contributed by atoms with van der Waals surface area (Å²) in [6.07, 6.45) is 2.95. The second-order valence-corrected chi connectivity index (χ2v) is 9.26. The molecule has 3 amide bonds. The van der Waals surface area contributed by atoms with Gasteiger partial charge in [-0.1, -0.05) is 40.2 Å². The maximum Gasteiger partial charge on any atom is 0.250 e. The van der Waals surface area contributed by atoms with Crippen LogP contribution in [0.2, 0.25) is 0 Å². The van der Waals surface area contributed by atoms with E-state index in [4.69, 9.17) is 5.73 Å². The van der Waals surface area contributed by atoms with Gasteiger partial charge in [-0.2, -0.15) is 0 Å². The number of hydrogen-bond acceptors (Lipinski definition) is 5. The van der Waals surface area contributed by atoms with E-state index in [0.717, 1.165) is 27.2 Å². The molecular formula is C25H26BrN5O3. The van der Waals surface area contributed by atoms with E-state index in [-0.39, 0.29) is 17.7 Å². The Morgan fingerprint density at radius 2 is 1.94 bits per heavy atom. The number of likely N-dealkylation sites (tertiary alicyclic amines) is 1. The Labute approximate surface area is 206 Å². The summed E-state index contributed by atoms with van der Waals surface area (Å²) in [5, 5.41) is 7.51. The molecule has 2 heterocycles. The number of pyridine rings is 1. The van der Waals surface area contributed by atoms with Crippen LogP contribution >= 0.6 is 15.9 Å². The Morgan fingerprint density at radius 1 is 1.18 bits per heavy atom. The molecule has 34 heavy (non-hydrogen) atoms. The van der Waals surface area contributed by atoms with E-state index in [1.165, 1.54) is 6.92 Å². The first-order valence-electron chi connectivity index (χ1n) is 11.1. The summed E-state index contributed by atoms with van der Waals surface area (Å²) in [5.74, 6) is -0.345. The monoisotopic (exact) mass is 523 g/mol. The molecule has 0 aliphatic carbocycles. The van der Waals surface area contributed by atoms with Gasteiger partial charge in [-0.15, -0.1) is 0 Å². The van der Waals surface area contributed by atoms with Crippen molar-refractivity contribution in [3.05, 3.63) is 70.3 Å². The van der Waals surface area contributed by atoms with E-state index in [2.05, 4.69) is 31.5 Å². The Morgan fingerprint density at radius 3 is 2.68 bits per heavy atom. The molecule has 176 valence electrons. The average molecular weight is 524 g/mol. The molecule has 1 aromatic heterocycles. The lowest BCUT2D eigenvalue weighted by Gasteiger charge is -2.29. The van der Waals surface area contributed by atoms with Crippen molar-refractivity contribution in [3.8, 4) is 0 Å². The van der Waals surface area contributed by atoms with Gasteiger partial charge in [0.2, 0.25) is 17.7 Å². The molecule has 8 nitrogen and oxygen atoms in total. The zero-order chi connectivity index (χ0) is 24.2. The Hall–Kier alpha value is -3.46. The standard InChI is InChI=1S/C25H26BrN5O3/c1-15(32)30-22(17-5-7-19(26)8-6-17)25(34)31-12-2-3-21(31)24(33)29-14-16-4-9-20-18(13-16)10-11-28-23(20)27/h4-11,13,21-22H,2-3,12,14H2,1H3,(H2,27,28)(H,29,33)(H,30,32). The van der Waals surface area contributed by atoms with Crippen LogP contribution in [0, 0.1) is 0 Å². The number of nitrogens with zero attached hydrogens (tertiary/aromatic N) is 2. The third kappa shape index (κ3) is 5.20. The SMILES string of the molecule is CC(=O)NC(C(=O)N1CCCC1C(=O)NCc1ccc2c(N)nccc2c1)c1ccc(Br)cc1. The van der Waals surface area contributed by atoms with Crippen LogP contribution in [0.1, 0.15) is 36.9 Å². The largest absolute Gasteiger partial charge is 0.383 e. The third-order valence-electron chi connectivity index (χ3n) is 5.96. The van der Waals surface area contributed by atoms with Gasteiger partial charge in [0, 0.05) is 36.1 Å². The van der Waals surface area contributed by atoms with E-state index in [1.54, 1.807) is 23.2 Å². The molecule has 1 aliphatic rings. The summed E-state index contributed by atoms with van der Waals surface area (Å²) in [6, 6.07) is 13.4. The van der Waals surface area contributed by atoms with Gasteiger partial charge >= 0.3 is 0 Å². The molecule has 0 bridgehead atoms. The van der Waals surface area contributed by atoms with Crippen LogP contribution < -0.4 is 16.4 Å². The van der Waals surface area contributed by atoms with Crippen molar-refractivity contribution in [3.63, 3.8) is 0 Å². The average Bonchev–Trinajstić information content (AvgIpc) is 3.31. The van der Waals surface area contributed by atoms with Crippen LogP contribution in [0.3, 0.4) is 0 Å². The number of rotatable bonds is 6. The van der Waals surface area contributed by atoms with Crippen LogP contribution in [0.15, 0.2) is 59.2 Å². The molecule has 2 aromatic carbocycles. The van der Waals surface area contributed by atoms with Gasteiger partial charge in [0.25, 0.3) is 0 Å². The fourth-order valence-electron chi connectivity index (χ4n) is 4.28. The highest BCUT2D eigenvalue weighted by molar-refractivity contribution is 9.10. The lowest BCUT2D eigenvalue weighted by atomic mass is 10.0. The predicted molar refractivity (Wildman–Crippen MR) is 133 cm³/mol. The minimum Gasteiger partial charge on any atom is -0.383 e. The van der Waals surface area contributed by atoms with E-state index < -0.39 is 12.1 Å². The maximum atomic E-state index is 13.4. The van der Waals surface area contributed by atoms with Crippen molar-refractivity contribution in [1.29, 1.82) is 0 Å². The number of carbonyl (C=O) groups excluding carboxylic acids is 3. The van der Waals surface area contributed by atoms with Crippen molar-refractivity contribution in [2.24, 2.45) is 0 Å². The van der Waals surface area contributed by atoms with Crippen molar-refractivity contribution >= 4 is 50.2 Å². The minimum absolute atomic E-state index is 0.211. The number of carbonyl (C=O) groups is 3. The number of benzene rings is 2. The van der Waals surface area contributed by atoms with Gasteiger partial charge in [-0.05, 0) is 53.6 Å². The molecule has 4 rings (SSSR count). The highest BCUT2D eigenvalue weighted by atomic mass is 79.9. The van der Waals surface area contributed by atoms with Gasteiger partial charge in [0.1, 0.15) is 17.9 Å². The molecule has 1 fully saturated rings. The number of halogens is 1. The first kappa shape index (κ1) is 23.7. The summed E-state index contributed by atoms with van der Waals surface area (Å²) in [6.45, 7) is 2.17. The highest BCUT2D eigenvalue weighted by Gasteiger charge is 2.37. The number of amides is 3. The second kappa shape index (κ2) is 10.2. The lowest BCUT2D eigenvalue weighted by molar-refractivity contribution is -0.141. The topological polar surface area (TPSA) is 117 Å². The summed E-state index contributed by atoms with van der Waals surface area (Å²) >= 11 is 3.39. The predicted octanol–water partition coefficient (Wildman–Crippen LogP) is 3.06. The van der Waals surface area contributed by atoms with Gasteiger partial charge in [-0.25, -0.2) is 4.98 Å². The van der Waals surface area contributed by atoms with Crippen LogP contribution in [0.5, 0.6) is 0 Å². The number of aromatic nitrogens is 1. The summed E-state index contributed by atoms with van der Waals surface area (Å²) in [7, 11) is 0. The molecule has 1 saturated heterocycles. The normalized spacial score (nSPS) is 16.3. The van der Waals surface area contributed by atoms with Gasteiger partial charge in [-0.3, -0.25) is 14.4 Å². The van der Waals surface area contributed by atoms with Crippen LogP contribution in [-0.4, -0.2) is 40.2 Å². The van der Waals surface area contributed by atoms with Crippen molar-refractivity contribution < 1.29 is 14.4 Å². The van der Waals surface area contributed by atoms with Crippen LogP contribution in [0.25, 0.3) is 10.8 Å². The van der Waals surface area contributed by atoms with Crippen LogP contribution in [0.4, 0.5) is 5.82 Å². The first-order valence-corrected chi connectivity index (χ1v) is 11.9. The molecule has 0 radical (unpaired) electrons. The molecule has 0 spiro atoms. The van der Waals surface area contributed by atoms with Gasteiger partial charge in [0.15, 0.2) is 0 Å². The van der Waals surface area contributed by atoms with Crippen molar-refractivity contribution in [1.82, 2.24) is 20.5 Å². The Kier molecular flexibility index (Phi) is 7.12. The maximum absolute atomic E-state index is 13.4. The zero-order valence-corrected chi connectivity index (χ0v) is 20.3. The van der Waals surface area contributed by atoms with E-state index >= 15 is 0 Å². The minimum atomic E-state index is -0.849. The first-order chi connectivity index (χ1) is 16.3. The Balaban J connectivity index is 1.47. The molecule has 1 aliphatic heterocycles. The lowest BCUT2D eigenvalue weighted by Crippen LogP contribution is -2.49. The number of nitrogens with two attached hydrogens (primary N) is 1. The smallest absolute Gasteiger partial charge is 0.250 e. The van der Waals surface area contributed by atoms with E-state index in [9.17, 15) is 14.4 Å². The van der Waals surface area contributed by atoms with Crippen molar-refractivity contribution in [2.75, 3.05) is 12.3 Å². The summed E-state index contributed by atoms with van der Waals surface area (Å²) < 4.78 is 0.872. The number of nitrogens with one attached hydrogen (secondary N) is 2. The number of hydrogen-bond donors (Lipinski definition) is 3. The summed E-state index contributed by atoms with van der Waals surface area (Å²) in [4.78, 5) is 44.0. The fraction of sp³-hybridized carbons (Fsp3) is 0.280. The van der Waals surface area contributed by atoms with Crippen molar-refractivity contribution in [2.45, 2.75) is 38.4 Å². The molecule has 0 saturated carbocycles.